The minimum atomic E-state index is 0.670. The first-order chi connectivity index (χ1) is 6.84. The highest BCUT2D eigenvalue weighted by atomic mass is 15.3. The number of fused-ring (bicyclic) bond motifs is 3. The molecule has 3 rings (SSSR count). The van der Waals surface area contributed by atoms with E-state index in [1.54, 1.807) is 4.52 Å². The Morgan fingerprint density at radius 3 is 2.86 bits per heavy atom. The average Bonchev–Trinajstić information content (AvgIpc) is 2.55. The highest BCUT2D eigenvalue weighted by Gasteiger charge is 2.06. The molecule has 0 atom stereocenters. The van der Waals surface area contributed by atoms with E-state index in [2.05, 4.69) is 15.1 Å². The summed E-state index contributed by atoms with van der Waals surface area (Å²) in [6, 6.07) is 9.85. The highest BCUT2D eigenvalue weighted by molar-refractivity contribution is 5.78. The van der Waals surface area contributed by atoms with Crippen LogP contribution in [-0.2, 0) is 0 Å². The number of rotatable bonds is 0. The molecular formula is C10H8N4. The lowest BCUT2D eigenvalue weighted by Gasteiger charge is -1.81. The molecule has 0 bridgehead atoms. The van der Waals surface area contributed by atoms with Gasteiger partial charge in [-0.3, -0.25) is 0 Å². The van der Waals surface area contributed by atoms with Crippen molar-refractivity contribution in [2.75, 3.05) is 0 Å². The van der Waals surface area contributed by atoms with Crippen molar-refractivity contribution >= 4 is 16.8 Å². The smallest absolute Gasteiger partial charge is 0.209 e. The van der Waals surface area contributed by atoms with Crippen molar-refractivity contribution in [3.05, 3.63) is 36.2 Å². The molecule has 14 heavy (non-hydrogen) atoms. The van der Waals surface area contributed by atoms with Crippen molar-refractivity contribution in [3.8, 4) is 0 Å². The lowest BCUT2D eigenvalue weighted by molar-refractivity contribution is 0.968. The van der Waals surface area contributed by atoms with Gasteiger partial charge in [0.05, 0.1) is 11.0 Å². The Hall–Kier alpha value is -1.97. The minimum Gasteiger partial charge on any atom is -0.209 e. The van der Waals surface area contributed by atoms with Gasteiger partial charge in [-0.25, -0.2) is 4.98 Å². The molecule has 0 spiro atoms. The van der Waals surface area contributed by atoms with Gasteiger partial charge in [0, 0.05) is 0 Å². The van der Waals surface area contributed by atoms with Crippen LogP contribution in [0.2, 0.25) is 0 Å². The zero-order valence-corrected chi connectivity index (χ0v) is 7.68. The molecule has 0 fully saturated rings. The highest BCUT2D eigenvalue weighted by Crippen LogP contribution is 2.12. The maximum Gasteiger partial charge on any atom is 0.253 e. The van der Waals surface area contributed by atoms with Gasteiger partial charge in [-0.2, -0.15) is 9.50 Å². The Morgan fingerprint density at radius 1 is 1.07 bits per heavy atom. The van der Waals surface area contributed by atoms with Crippen molar-refractivity contribution < 1.29 is 0 Å². The number of aromatic nitrogens is 4. The van der Waals surface area contributed by atoms with E-state index in [-0.39, 0.29) is 0 Å². The fraction of sp³-hybridized carbons (Fsp3) is 0.100. The molecule has 2 aromatic heterocycles. The van der Waals surface area contributed by atoms with Crippen LogP contribution in [0.5, 0.6) is 0 Å². The molecule has 2 heterocycles. The van der Waals surface area contributed by atoms with Gasteiger partial charge in [0.15, 0.2) is 0 Å². The summed E-state index contributed by atoms with van der Waals surface area (Å²) in [6.07, 6.45) is 0. The van der Waals surface area contributed by atoms with Crippen LogP contribution in [0, 0.1) is 6.92 Å². The summed E-state index contributed by atoms with van der Waals surface area (Å²) in [5, 5.41) is 4.27. The molecule has 0 N–H and O–H groups in total. The fourth-order valence-corrected chi connectivity index (χ4v) is 1.55. The third-order valence-corrected chi connectivity index (χ3v) is 2.14. The van der Waals surface area contributed by atoms with Gasteiger partial charge >= 0.3 is 0 Å². The van der Waals surface area contributed by atoms with E-state index in [9.17, 15) is 0 Å². The number of imidazole rings is 1. The van der Waals surface area contributed by atoms with Gasteiger partial charge in [0.2, 0.25) is 0 Å². The second kappa shape index (κ2) is 2.51. The van der Waals surface area contributed by atoms with Crippen LogP contribution in [0.4, 0.5) is 0 Å². The van der Waals surface area contributed by atoms with Crippen LogP contribution >= 0.6 is 0 Å². The van der Waals surface area contributed by atoms with E-state index in [0.29, 0.717) is 5.78 Å². The largest absolute Gasteiger partial charge is 0.253 e. The van der Waals surface area contributed by atoms with Crippen LogP contribution in [0.15, 0.2) is 30.3 Å². The van der Waals surface area contributed by atoms with E-state index in [4.69, 9.17) is 0 Å². The van der Waals surface area contributed by atoms with E-state index in [0.717, 1.165) is 16.9 Å². The van der Waals surface area contributed by atoms with Crippen molar-refractivity contribution in [3.63, 3.8) is 0 Å². The first-order valence-corrected chi connectivity index (χ1v) is 4.43. The molecule has 0 aliphatic carbocycles. The molecule has 4 nitrogen and oxygen atoms in total. The molecule has 0 amide bonds. The van der Waals surface area contributed by atoms with Crippen LogP contribution in [0.1, 0.15) is 5.82 Å². The predicted molar refractivity (Wildman–Crippen MR) is 53.0 cm³/mol. The van der Waals surface area contributed by atoms with Crippen LogP contribution < -0.4 is 0 Å². The minimum absolute atomic E-state index is 0.670. The van der Waals surface area contributed by atoms with E-state index in [1.165, 1.54) is 0 Å². The van der Waals surface area contributed by atoms with Crippen molar-refractivity contribution in [2.45, 2.75) is 6.92 Å². The van der Waals surface area contributed by atoms with Gasteiger partial charge in [-0.1, -0.05) is 18.2 Å². The molecule has 0 aliphatic rings. The summed E-state index contributed by atoms with van der Waals surface area (Å²) in [5.74, 6) is 1.42. The Bertz CT molecular complexity index is 612. The van der Waals surface area contributed by atoms with E-state index >= 15 is 0 Å². The van der Waals surface area contributed by atoms with Gasteiger partial charge in [-0.05, 0) is 19.1 Å². The maximum absolute atomic E-state index is 4.37. The second-order valence-corrected chi connectivity index (χ2v) is 3.16. The summed E-state index contributed by atoms with van der Waals surface area (Å²) in [6.45, 7) is 1.86. The monoisotopic (exact) mass is 184 g/mol. The van der Waals surface area contributed by atoms with E-state index < -0.39 is 0 Å². The topological polar surface area (TPSA) is 43.1 Å². The Kier molecular flexibility index (Phi) is 1.33. The standard InChI is InChI=1S/C10H8N4/c1-7-11-10-12-8-5-3-2-4-6-9(8)14(10)13-7/h2-6H,1H3. The van der Waals surface area contributed by atoms with E-state index in [1.807, 2.05) is 37.3 Å². The molecule has 0 aliphatic heterocycles. The van der Waals surface area contributed by atoms with Crippen LogP contribution in [0.3, 0.4) is 0 Å². The average molecular weight is 184 g/mol. The lowest BCUT2D eigenvalue weighted by atomic mass is 10.4. The molecule has 68 valence electrons. The lowest BCUT2D eigenvalue weighted by Crippen LogP contribution is -1.81. The predicted octanol–water partition coefficient (Wildman–Crippen LogP) is 1.59. The zero-order valence-electron chi connectivity index (χ0n) is 7.68. The second-order valence-electron chi connectivity index (χ2n) is 3.16. The molecule has 0 radical (unpaired) electrons. The zero-order chi connectivity index (χ0) is 9.54. The summed E-state index contributed by atoms with van der Waals surface area (Å²) >= 11 is 0. The summed E-state index contributed by atoms with van der Waals surface area (Å²) in [7, 11) is 0. The van der Waals surface area contributed by atoms with Crippen LogP contribution in [0.25, 0.3) is 16.8 Å². The molecule has 0 unspecified atom stereocenters. The molecule has 0 saturated carbocycles. The van der Waals surface area contributed by atoms with Crippen molar-refractivity contribution in [1.29, 1.82) is 0 Å². The molecule has 4 heteroatoms. The van der Waals surface area contributed by atoms with Gasteiger partial charge < -0.3 is 0 Å². The first kappa shape index (κ1) is 7.44. The number of hydrogen-bond acceptors (Lipinski definition) is 3. The van der Waals surface area contributed by atoms with Crippen LogP contribution in [-0.4, -0.2) is 19.6 Å². The first-order valence-electron chi connectivity index (χ1n) is 4.43. The summed E-state index contributed by atoms with van der Waals surface area (Å²) in [5.41, 5.74) is 1.91. The quantitative estimate of drug-likeness (QED) is 0.532. The molecular weight excluding hydrogens is 176 g/mol. The molecule has 1 aromatic carbocycles. The Labute approximate surface area is 80.2 Å². The van der Waals surface area contributed by atoms with Crippen molar-refractivity contribution in [2.24, 2.45) is 0 Å². The molecule has 3 aromatic rings. The normalized spacial score (nSPS) is 11.2. The number of hydrogen-bond donors (Lipinski definition) is 0. The fourth-order valence-electron chi connectivity index (χ4n) is 1.55. The van der Waals surface area contributed by atoms with Crippen molar-refractivity contribution in [1.82, 2.24) is 19.6 Å². The third kappa shape index (κ3) is 0.907. The van der Waals surface area contributed by atoms with Gasteiger partial charge in [-0.15, -0.1) is 5.10 Å². The number of aryl methyl sites for hydroxylation is 1. The van der Waals surface area contributed by atoms with Gasteiger partial charge in [0.25, 0.3) is 5.78 Å². The summed E-state index contributed by atoms with van der Waals surface area (Å²) in [4.78, 5) is 8.58. The van der Waals surface area contributed by atoms with Gasteiger partial charge in [0.1, 0.15) is 5.82 Å². The third-order valence-electron chi connectivity index (χ3n) is 2.14. The molecule has 0 saturated heterocycles. The maximum atomic E-state index is 4.37. The Balaban J connectivity index is 2.58. The SMILES string of the molecule is Cc1nc2nc3cccccc3n2n1. The Morgan fingerprint density at radius 2 is 1.93 bits per heavy atom. The summed E-state index contributed by atoms with van der Waals surface area (Å²) < 4.78 is 1.77. The number of nitrogens with zero attached hydrogens (tertiary/aromatic N) is 4.